The Morgan fingerprint density at radius 2 is 2.05 bits per heavy atom. The SMILES string of the molecule is CCC(C)(C(O)Cc1ccc(Br)cn1)N1CCCCC1. The minimum absolute atomic E-state index is 0.144. The molecule has 0 amide bonds. The van der Waals surface area contributed by atoms with Gasteiger partial charge in [0.15, 0.2) is 0 Å². The summed E-state index contributed by atoms with van der Waals surface area (Å²) >= 11 is 3.39. The van der Waals surface area contributed by atoms with Crippen LogP contribution in [0, 0.1) is 0 Å². The third-order valence-electron chi connectivity index (χ3n) is 4.70. The van der Waals surface area contributed by atoms with Crippen LogP contribution in [0.2, 0.25) is 0 Å². The van der Waals surface area contributed by atoms with Gasteiger partial charge in [-0.2, -0.15) is 0 Å². The zero-order valence-electron chi connectivity index (χ0n) is 12.5. The Morgan fingerprint density at radius 3 is 2.60 bits per heavy atom. The van der Waals surface area contributed by atoms with Crippen LogP contribution in [0.4, 0.5) is 0 Å². The van der Waals surface area contributed by atoms with Gasteiger partial charge in [-0.25, -0.2) is 0 Å². The highest BCUT2D eigenvalue weighted by molar-refractivity contribution is 9.10. The number of halogens is 1. The second-order valence-electron chi connectivity index (χ2n) is 5.95. The molecule has 1 fully saturated rings. The van der Waals surface area contributed by atoms with E-state index >= 15 is 0 Å². The van der Waals surface area contributed by atoms with Crippen LogP contribution in [0.5, 0.6) is 0 Å². The predicted octanol–water partition coefficient (Wildman–Crippen LogP) is 3.40. The first kappa shape index (κ1) is 15.9. The number of piperidine rings is 1. The predicted molar refractivity (Wildman–Crippen MR) is 85.8 cm³/mol. The monoisotopic (exact) mass is 340 g/mol. The van der Waals surface area contributed by atoms with E-state index in [9.17, 15) is 5.11 Å². The van der Waals surface area contributed by atoms with Crippen LogP contribution in [0.3, 0.4) is 0 Å². The molecule has 1 aliphatic heterocycles. The minimum atomic E-state index is -0.376. The molecule has 1 aromatic heterocycles. The highest BCUT2D eigenvalue weighted by atomic mass is 79.9. The molecule has 2 atom stereocenters. The van der Waals surface area contributed by atoms with Crippen LogP contribution < -0.4 is 0 Å². The highest BCUT2D eigenvalue weighted by Crippen LogP contribution is 2.29. The van der Waals surface area contributed by atoms with Crippen molar-refractivity contribution in [3.8, 4) is 0 Å². The fourth-order valence-corrected chi connectivity index (χ4v) is 3.25. The number of hydrogen-bond acceptors (Lipinski definition) is 3. The molecule has 1 aliphatic rings. The minimum Gasteiger partial charge on any atom is -0.391 e. The second kappa shape index (κ2) is 7.01. The maximum Gasteiger partial charge on any atom is 0.0776 e. The molecule has 0 saturated carbocycles. The normalized spacial score (nSPS) is 21.4. The molecule has 4 heteroatoms. The molecular formula is C16H25BrN2O. The zero-order valence-corrected chi connectivity index (χ0v) is 14.1. The maximum absolute atomic E-state index is 10.7. The van der Waals surface area contributed by atoms with E-state index in [-0.39, 0.29) is 11.6 Å². The molecule has 3 nitrogen and oxygen atoms in total. The van der Waals surface area contributed by atoms with Crippen LogP contribution in [0.15, 0.2) is 22.8 Å². The van der Waals surface area contributed by atoms with E-state index in [1.807, 2.05) is 12.1 Å². The molecule has 2 unspecified atom stereocenters. The Hall–Kier alpha value is -0.450. The molecule has 0 spiro atoms. The van der Waals surface area contributed by atoms with E-state index in [1.54, 1.807) is 6.20 Å². The Labute approximate surface area is 130 Å². The van der Waals surface area contributed by atoms with Crippen molar-refractivity contribution in [2.75, 3.05) is 13.1 Å². The van der Waals surface area contributed by atoms with Crippen LogP contribution in [0.25, 0.3) is 0 Å². The lowest BCUT2D eigenvalue weighted by atomic mass is 9.85. The molecule has 1 saturated heterocycles. The molecule has 1 aromatic rings. The van der Waals surface area contributed by atoms with Gasteiger partial charge in [0.25, 0.3) is 0 Å². The molecule has 1 N–H and O–H groups in total. The Morgan fingerprint density at radius 1 is 1.35 bits per heavy atom. The van der Waals surface area contributed by atoms with Gasteiger partial charge in [0, 0.05) is 28.3 Å². The first-order valence-corrected chi connectivity index (χ1v) is 8.39. The quantitative estimate of drug-likeness (QED) is 0.892. The van der Waals surface area contributed by atoms with Gasteiger partial charge in [0.05, 0.1) is 6.10 Å². The summed E-state index contributed by atoms with van der Waals surface area (Å²) in [5.74, 6) is 0. The van der Waals surface area contributed by atoms with Crippen molar-refractivity contribution < 1.29 is 5.11 Å². The summed E-state index contributed by atoms with van der Waals surface area (Å²) in [4.78, 5) is 6.86. The summed E-state index contributed by atoms with van der Waals surface area (Å²) < 4.78 is 0.977. The summed E-state index contributed by atoms with van der Waals surface area (Å²) in [7, 11) is 0. The van der Waals surface area contributed by atoms with Crippen molar-refractivity contribution in [2.24, 2.45) is 0 Å². The molecule has 0 aliphatic carbocycles. The largest absolute Gasteiger partial charge is 0.391 e. The topological polar surface area (TPSA) is 36.4 Å². The Balaban J connectivity index is 2.07. The number of pyridine rings is 1. The van der Waals surface area contributed by atoms with Gasteiger partial charge in [-0.1, -0.05) is 13.3 Å². The molecule has 2 heterocycles. The van der Waals surface area contributed by atoms with E-state index in [0.29, 0.717) is 6.42 Å². The Kier molecular flexibility index (Phi) is 5.58. The molecule has 2 rings (SSSR count). The zero-order chi connectivity index (χ0) is 14.6. The molecule has 0 bridgehead atoms. The second-order valence-corrected chi connectivity index (χ2v) is 6.86. The van der Waals surface area contributed by atoms with Crippen molar-refractivity contribution in [1.29, 1.82) is 0 Å². The maximum atomic E-state index is 10.7. The van der Waals surface area contributed by atoms with Crippen molar-refractivity contribution in [2.45, 2.75) is 57.6 Å². The summed E-state index contributed by atoms with van der Waals surface area (Å²) in [5, 5.41) is 10.7. The van der Waals surface area contributed by atoms with Crippen molar-refractivity contribution in [1.82, 2.24) is 9.88 Å². The number of aliphatic hydroxyl groups is 1. The van der Waals surface area contributed by atoms with Crippen LogP contribution in [-0.4, -0.2) is 39.7 Å². The molecule has 0 radical (unpaired) electrons. The molecule has 0 aromatic carbocycles. The van der Waals surface area contributed by atoms with E-state index in [0.717, 1.165) is 29.7 Å². The average molecular weight is 341 g/mol. The van der Waals surface area contributed by atoms with Crippen molar-refractivity contribution >= 4 is 15.9 Å². The summed E-state index contributed by atoms with van der Waals surface area (Å²) in [6.07, 6.45) is 6.82. The summed E-state index contributed by atoms with van der Waals surface area (Å²) in [5.41, 5.74) is 0.812. The summed E-state index contributed by atoms with van der Waals surface area (Å²) in [6, 6.07) is 3.97. The van der Waals surface area contributed by atoms with Crippen molar-refractivity contribution in [3.63, 3.8) is 0 Å². The van der Waals surface area contributed by atoms with Gasteiger partial charge in [-0.15, -0.1) is 0 Å². The van der Waals surface area contributed by atoms with E-state index < -0.39 is 0 Å². The number of aliphatic hydroxyl groups excluding tert-OH is 1. The number of hydrogen-bond donors (Lipinski definition) is 1. The van der Waals surface area contributed by atoms with Crippen LogP contribution in [-0.2, 0) is 6.42 Å². The smallest absolute Gasteiger partial charge is 0.0776 e. The third kappa shape index (κ3) is 3.60. The molecule has 20 heavy (non-hydrogen) atoms. The van der Waals surface area contributed by atoms with Crippen LogP contribution in [0.1, 0.15) is 45.2 Å². The number of rotatable bonds is 5. The lowest BCUT2D eigenvalue weighted by Crippen LogP contribution is -2.56. The van der Waals surface area contributed by atoms with Crippen molar-refractivity contribution in [3.05, 3.63) is 28.5 Å². The number of nitrogens with zero attached hydrogens (tertiary/aromatic N) is 2. The molecule has 112 valence electrons. The Bertz CT molecular complexity index is 417. The van der Waals surface area contributed by atoms with Gasteiger partial charge in [-0.05, 0) is 67.3 Å². The fraction of sp³-hybridized carbons (Fsp3) is 0.688. The third-order valence-corrected chi connectivity index (χ3v) is 5.17. The van der Waals surface area contributed by atoms with Gasteiger partial charge < -0.3 is 5.11 Å². The van der Waals surface area contributed by atoms with Gasteiger partial charge >= 0.3 is 0 Å². The lowest BCUT2D eigenvalue weighted by Gasteiger charge is -2.46. The summed E-state index contributed by atoms with van der Waals surface area (Å²) in [6.45, 7) is 6.58. The van der Waals surface area contributed by atoms with E-state index in [2.05, 4.69) is 39.7 Å². The van der Waals surface area contributed by atoms with Gasteiger partial charge in [-0.3, -0.25) is 9.88 Å². The highest BCUT2D eigenvalue weighted by Gasteiger charge is 2.37. The average Bonchev–Trinajstić information content (AvgIpc) is 2.49. The standard InChI is InChI=1S/C16H25BrN2O/c1-3-16(2,19-9-5-4-6-10-19)15(20)11-14-8-7-13(17)12-18-14/h7-8,12,15,20H,3-6,9-11H2,1-2H3. The molecular weight excluding hydrogens is 316 g/mol. The van der Waals surface area contributed by atoms with Crippen LogP contribution >= 0.6 is 15.9 Å². The number of likely N-dealkylation sites (tertiary alicyclic amines) is 1. The van der Waals surface area contributed by atoms with Gasteiger partial charge in [0.2, 0.25) is 0 Å². The number of aromatic nitrogens is 1. The van der Waals surface area contributed by atoms with E-state index in [4.69, 9.17) is 0 Å². The lowest BCUT2D eigenvalue weighted by molar-refractivity contribution is -0.0332. The first-order valence-electron chi connectivity index (χ1n) is 7.60. The first-order chi connectivity index (χ1) is 9.56. The van der Waals surface area contributed by atoms with E-state index in [1.165, 1.54) is 19.3 Å². The fourth-order valence-electron chi connectivity index (χ4n) is 3.02. The van der Waals surface area contributed by atoms with Gasteiger partial charge in [0.1, 0.15) is 0 Å².